The van der Waals surface area contributed by atoms with Crippen molar-refractivity contribution in [2.24, 2.45) is 0 Å². The zero-order valence-electron chi connectivity index (χ0n) is 8.50. The lowest BCUT2D eigenvalue weighted by Crippen LogP contribution is -2.53. The molecule has 0 aromatic rings. The van der Waals surface area contributed by atoms with Gasteiger partial charge in [-0.25, -0.2) is 0 Å². The predicted molar refractivity (Wildman–Crippen MR) is 57.9 cm³/mol. The monoisotopic (exact) mass is 214 g/mol. The Morgan fingerprint density at radius 3 is 2.71 bits per heavy atom. The average Bonchev–Trinajstić information content (AvgIpc) is 1.94. The maximum atomic E-state index is 10.6. The number of hydrogen-bond acceptors (Lipinski definition) is 2. The molecule has 0 saturated heterocycles. The molecule has 0 fully saturated rings. The zero-order valence-corrected chi connectivity index (χ0v) is 9.31. The van der Waals surface area contributed by atoms with Crippen LogP contribution in [0.3, 0.4) is 0 Å². The molecule has 0 radical (unpaired) electrons. The number of nitrogens with one attached hydrogen (secondary N) is 1. The van der Waals surface area contributed by atoms with Crippen LogP contribution in [0.2, 0.25) is 0 Å². The lowest BCUT2D eigenvalue weighted by Gasteiger charge is -2.37. The number of carbonyl (C=O) groups is 1. The van der Waals surface area contributed by atoms with Crippen LogP contribution in [0.5, 0.6) is 0 Å². The number of aliphatic carboxylic acids is 1. The number of rotatable bonds is 2. The van der Waals surface area contributed by atoms with Crippen molar-refractivity contribution in [3.8, 4) is 0 Å². The summed E-state index contributed by atoms with van der Waals surface area (Å²) in [5, 5.41) is 12.2. The van der Waals surface area contributed by atoms with Crippen LogP contribution in [0.4, 0.5) is 0 Å². The second-order valence-corrected chi connectivity index (χ2v) is 4.30. The molecule has 2 N–H and O–H groups in total. The molecule has 78 valence electrons. The van der Waals surface area contributed by atoms with E-state index in [4.69, 9.17) is 17.3 Å². The fourth-order valence-corrected chi connectivity index (χ4v) is 1.94. The first-order valence-electron chi connectivity index (χ1n) is 4.33. The minimum absolute atomic E-state index is 0.0930. The Labute approximate surface area is 88.6 Å². The average molecular weight is 214 g/mol. The second-order valence-electron chi connectivity index (χ2n) is 3.92. The Kier molecular flexibility index (Phi) is 2.80. The van der Waals surface area contributed by atoms with Gasteiger partial charge < -0.3 is 15.3 Å². The van der Waals surface area contributed by atoms with Gasteiger partial charge in [0, 0.05) is 5.70 Å². The van der Waals surface area contributed by atoms with Gasteiger partial charge in [-0.1, -0.05) is 0 Å². The molecule has 0 saturated carbocycles. The lowest BCUT2D eigenvalue weighted by molar-refractivity contribution is -0.137. The number of hydrogen-bond donors (Lipinski definition) is 2. The SMILES string of the molecule is CC1=CC(C)(C)NC(=S)N1CC(=O)O. The summed E-state index contributed by atoms with van der Waals surface area (Å²) in [6.45, 7) is 5.74. The minimum atomic E-state index is -0.887. The quantitative estimate of drug-likeness (QED) is 0.670. The molecule has 1 heterocycles. The summed E-state index contributed by atoms with van der Waals surface area (Å²) in [6, 6.07) is 0. The van der Waals surface area contributed by atoms with Crippen molar-refractivity contribution in [1.29, 1.82) is 0 Å². The number of carboxylic acid groups (broad SMARTS) is 1. The van der Waals surface area contributed by atoms with E-state index in [1.54, 1.807) is 4.90 Å². The lowest BCUT2D eigenvalue weighted by atomic mass is 10.0. The highest BCUT2D eigenvalue weighted by Gasteiger charge is 2.27. The Morgan fingerprint density at radius 1 is 1.71 bits per heavy atom. The number of thiocarbonyl (C=S) groups is 1. The van der Waals surface area contributed by atoms with Crippen LogP contribution >= 0.6 is 12.2 Å². The van der Waals surface area contributed by atoms with E-state index < -0.39 is 5.97 Å². The molecular formula is C9H14N2O2S. The Bertz CT molecular complexity index is 310. The standard InChI is InChI=1S/C9H14N2O2S/c1-6-4-9(2,3)10-8(14)11(6)5-7(12)13/h4H,5H2,1-3H3,(H,10,14)(H,12,13). The minimum Gasteiger partial charge on any atom is -0.480 e. The molecule has 0 amide bonds. The van der Waals surface area contributed by atoms with Crippen molar-refractivity contribution in [1.82, 2.24) is 10.2 Å². The van der Waals surface area contributed by atoms with E-state index in [2.05, 4.69) is 5.32 Å². The van der Waals surface area contributed by atoms with E-state index in [1.807, 2.05) is 26.8 Å². The summed E-state index contributed by atoms with van der Waals surface area (Å²) in [5.74, 6) is -0.887. The number of carboxylic acids is 1. The van der Waals surface area contributed by atoms with Crippen molar-refractivity contribution >= 4 is 23.3 Å². The van der Waals surface area contributed by atoms with Crippen molar-refractivity contribution < 1.29 is 9.90 Å². The first kappa shape index (κ1) is 11.0. The molecule has 0 unspecified atom stereocenters. The maximum absolute atomic E-state index is 10.6. The molecule has 1 aliphatic heterocycles. The van der Waals surface area contributed by atoms with Crippen molar-refractivity contribution in [2.45, 2.75) is 26.3 Å². The van der Waals surface area contributed by atoms with E-state index in [-0.39, 0.29) is 12.1 Å². The molecule has 14 heavy (non-hydrogen) atoms. The summed E-state index contributed by atoms with van der Waals surface area (Å²) in [5.41, 5.74) is 0.678. The van der Waals surface area contributed by atoms with Crippen LogP contribution in [0.1, 0.15) is 20.8 Å². The Hall–Kier alpha value is -1.10. The highest BCUT2D eigenvalue weighted by Crippen LogP contribution is 2.18. The second kappa shape index (κ2) is 3.57. The van der Waals surface area contributed by atoms with Crippen LogP contribution in [0.25, 0.3) is 0 Å². The van der Waals surface area contributed by atoms with Crippen LogP contribution in [0.15, 0.2) is 11.8 Å². The molecular weight excluding hydrogens is 200 g/mol. The normalized spacial score (nSPS) is 20.1. The first-order valence-corrected chi connectivity index (χ1v) is 4.73. The molecule has 0 spiro atoms. The van der Waals surface area contributed by atoms with Crippen LogP contribution < -0.4 is 5.32 Å². The Balaban J connectivity index is 2.89. The summed E-state index contributed by atoms with van der Waals surface area (Å²) in [4.78, 5) is 12.1. The maximum Gasteiger partial charge on any atom is 0.323 e. The van der Waals surface area contributed by atoms with E-state index in [0.717, 1.165) is 5.70 Å². The third kappa shape index (κ3) is 2.45. The number of allylic oxidation sites excluding steroid dienone is 1. The van der Waals surface area contributed by atoms with E-state index in [0.29, 0.717) is 5.11 Å². The van der Waals surface area contributed by atoms with Gasteiger partial charge in [0.25, 0.3) is 0 Å². The molecule has 0 atom stereocenters. The summed E-state index contributed by atoms with van der Waals surface area (Å²) in [6.07, 6.45) is 1.96. The third-order valence-corrected chi connectivity index (χ3v) is 2.29. The summed E-state index contributed by atoms with van der Waals surface area (Å²) >= 11 is 5.08. The van der Waals surface area contributed by atoms with Gasteiger partial charge >= 0.3 is 5.97 Å². The molecule has 1 aliphatic rings. The molecule has 0 bridgehead atoms. The van der Waals surface area contributed by atoms with E-state index in [9.17, 15) is 4.79 Å². The van der Waals surface area contributed by atoms with Gasteiger partial charge in [-0.15, -0.1) is 0 Å². The number of nitrogens with zero attached hydrogens (tertiary/aromatic N) is 1. The first-order chi connectivity index (χ1) is 6.32. The van der Waals surface area contributed by atoms with Crippen LogP contribution in [0, 0.1) is 0 Å². The van der Waals surface area contributed by atoms with Crippen molar-refractivity contribution in [3.05, 3.63) is 11.8 Å². The van der Waals surface area contributed by atoms with Crippen molar-refractivity contribution in [2.75, 3.05) is 6.54 Å². The third-order valence-electron chi connectivity index (χ3n) is 1.96. The molecule has 4 nitrogen and oxygen atoms in total. The van der Waals surface area contributed by atoms with Crippen molar-refractivity contribution in [3.63, 3.8) is 0 Å². The fourth-order valence-electron chi connectivity index (χ4n) is 1.47. The highest BCUT2D eigenvalue weighted by molar-refractivity contribution is 7.80. The topological polar surface area (TPSA) is 52.6 Å². The molecule has 0 aromatic carbocycles. The van der Waals surface area contributed by atoms with Gasteiger partial charge in [-0.2, -0.15) is 0 Å². The summed E-state index contributed by atoms with van der Waals surface area (Å²) in [7, 11) is 0. The van der Waals surface area contributed by atoms with Gasteiger partial charge in [0.1, 0.15) is 6.54 Å². The highest BCUT2D eigenvalue weighted by atomic mass is 32.1. The largest absolute Gasteiger partial charge is 0.480 e. The predicted octanol–water partition coefficient (Wildman–Crippen LogP) is 0.944. The molecule has 0 aliphatic carbocycles. The van der Waals surface area contributed by atoms with Gasteiger partial charge in [-0.3, -0.25) is 4.79 Å². The van der Waals surface area contributed by atoms with Crippen LogP contribution in [-0.4, -0.2) is 33.2 Å². The fraction of sp³-hybridized carbons (Fsp3) is 0.556. The smallest absolute Gasteiger partial charge is 0.323 e. The van der Waals surface area contributed by atoms with Crippen LogP contribution in [-0.2, 0) is 4.79 Å². The van der Waals surface area contributed by atoms with Gasteiger partial charge in [0.15, 0.2) is 5.11 Å². The summed E-state index contributed by atoms with van der Waals surface area (Å²) < 4.78 is 0. The molecule has 0 aromatic heterocycles. The van der Waals surface area contributed by atoms with E-state index in [1.165, 1.54) is 0 Å². The molecule has 1 rings (SSSR count). The zero-order chi connectivity index (χ0) is 10.9. The molecule has 5 heteroatoms. The van der Waals surface area contributed by atoms with Gasteiger partial charge in [0.05, 0.1) is 5.54 Å². The van der Waals surface area contributed by atoms with E-state index >= 15 is 0 Å². The Morgan fingerprint density at radius 2 is 2.29 bits per heavy atom. The van der Waals surface area contributed by atoms with Gasteiger partial charge in [0.2, 0.25) is 0 Å². The van der Waals surface area contributed by atoms with Gasteiger partial charge in [-0.05, 0) is 39.1 Å².